The van der Waals surface area contributed by atoms with Gasteiger partial charge in [-0.05, 0) is 64.2 Å². The van der Waals surface area contributed by atoms with Crippen LogP contribution in [0.1, 0.15) is 64.2 Å². The van der Waals surface area contributed by atoms with E-state index >= 15 is 0 Å². The van der Waals surface area contributed by atoms with Crippen LogP contribution < -0.4 is 0 Å². The summed E-state index contributed by atoms with van der Waals surface area (Å²) in [6, 6.07) is 0. The van der Waals surface area contributed by atoms with Crippen molar-refractivity contribution in [2.75, 3.05) is 39.6 Å². The molecule has 4 aliphatic rings. The van der Waals surface area contributed by atoms with E-state index in [1.54, 1.807) is 0 Å². The Kier molecular flexibility index (Phi) is 11.3. The standard InChI is InChI=1S/2C11H20O4/c2*12-7-9-3-1-5-11(14-9)15-10-4-2-6-13-8-10/h2*9-12H,1-8H2/t9?,10-,11?;9-,10-,11+/m00/s1. The zero-order valence-electron chi connectivity index (χ0n) is 18.1. The van der Waals surface area contributed by atoms with Gasteiger partial charge in [-0.1, -0.05) is 0 Å². The van der Waals surface area contributed by atoms with Crippen molar-refractivity contribution in [1.82, 2.24) is 0 Å². The Morgan fingerprint density at radius 1 is 0.600 bits per heavy atom. The minimum absolute atomic E-state index is 0.0340. The molecule has 0 aromatic carbocycles. The minimum atomic E-state index is -0.136. The molecule has 0 aromatic rings. The molecule has 4 heterocycles. The van der Waals surface area contributed by atoms with Crippen molar-refractivity contribution in [2.45, 2.75) is 101 Å². The van der Waals surface area contributed by atoms with Gasteiger partial charge >= 0.3 is 0 Å². The lowest BCUT2D eigenvalue weighted by atomic mass is 10.1. The van der Waals surface area contributed by atoms with Crippen LogP contribution in [0.15, 0.2) is 0 Å². The number of aliphatic hydroxyl groups excluding tert-OH is 2. The Hall–Kier alpha value is -0.320. The summed E-state index contributed by atoms with van der Waals surface area (Å²) in [6.45, 7) is 3.27. The van der Waals surface area contributed by atoms with Crippen molar-refractivity contribution in [3.8, 4) is 0 Å². The topological polar surface area (TPSA) is 95.8 Å². The Bertz CT molecular complexity index is 399. The summed E-state index contributed by atoms with van der Waals surface area (Å²) < 4.78 is 33.5. The molecule has 0 radical (unpaired) electrons. The second-order valence-corrected chi connectivity index (χ2v) is 8.55. The molecular formula is C22H40O8. The van der Waals surface area contributed by atoms with Gasteiger partial charge in [0.2, 0.25) is 0 Å². The van der Waals surface area contributed by atoms with E-state index in [4.69, 9.17) is 38.6 Å². The fraction of sp³-hybridized carbons (Fsp3) is 1.00. The minimum Gasteiger partial charge on any atom is -0.394 e. The summed E-state index contributed by atoms with van der Waals surface area (Å²) in [6.07, 6.45) is 10.2. The first-order chi connectivity index (χ1) is 14.8. The number of hydrogen-bond acceptors (Lipinski definition) is 8. The average Bonchev–Trinajstić information content (AvgIpc) is 2.81. The van der Waals surface area contributed by atoms with Crippen LogP contribution in [0.25, 0.3) is 0 Å². The van der Waals surface area contributed by atoms with Gasteiger partial charge in [-0.3, -0.25) is 0 Å². The molecule has 0 spiro atoms. The highest BCUT2D eigenvalue weighted by molar-refractivity contribution is 4.70. The molecule has 4 fully saturated rings. The van der Waals surface area contributed by atoms with Gasteiger partial charge in [-0.15, -0.1) is 0 Å². The molecular weight excluding hydrogens is 392 g/mol. The van der Waals surface area contributed by atoms with E-state index in [0.29, 0.717) is 13.2 Å². The third kappa shape index (κ3) is 8.67. The zero-order valence-corrected chi connectivity index (χ0v) is 18.1. The Morgan fingerprint density at radius 2 is 1.07 bits per heavy atom. The Balaban J connectivity index is 0.000000171. The van der Waals surface area contributed by atoms with Crippen LogP contribution in [-0.4, -0.2) is 86.9 Å². The molecule has 0 amide bonds. The van der Waals surface area contributed by atoms with Crippen LogP contribution in [0.5, 0.6) is 0 Å². The molecule has 30 heavy (non-hydrogen) atoms. The largest absolute Gasteiger partial charge is 0.394 e. The second-order valence-electron chi connectivity index (χ2n) is 8.55. The van der Waals surface area contributed by atoms with E-state index < -0.39 is 0 Å². The van der Waals surface area contributed by atoms with E-state index in [1.165, 1.54) is 0 Å². The van der Waals surface area contributed by atoms with Crippen LogP contribution in [0.3, 0.4) is 0 Å². The normalized spacial score (nSPS) is 37.8. The molecule has 6 atom stereocenters. The summed E-state index contributed by atoms with van der Waals surface area (Å²) in [5, 5.41) is 18.0. The summed E-state index contributed by atoms with van der Waals surface area (Å²) in [4.78, 5) is 0. The highest BCUT2D eigenvalue weighted by Gasteiger charge is 2.27. The highest BCUT2D eigenvalue weighted by Crippen LogP contribution is 2.24. The van der Waals surface area contributed by atoms with Crippen molar-refractivity contribution in [3.63, 3.8) is 0 Å². The van der Waals surface area contributed by atoms with Gasteiger partial charge in [0.05, 0.1) is 50.8 Å². The molecule has 0 saturated carbocycles. The van der Waals surface area contributed by atoms with Crippen molar-refractivity contribution < 1.29 is 38.6 Å². The predicted octanol–water partition coefficient (Wildman–Crippen LogP) is 2.14. The van der Waals surface area contributed by atoms with E-state index in [-0.39, 0.29) is 50.2 Å². The lowest BCUT2D eigenvalue weighted by Crippen LogP contribution is -2.37. The molecule has 0 bridgehead atoms. The number of aliphatic hydroxyl groups is 2. The van der Waals surface area contributed by atoms with E-state index in [0.717, 1.165) is 77.4 Å². The van der Waals surface area contributed by atoms with Crippen LogP contribution in [0, 0.1) is 0 Å². The lowest BCUT2D eigenvalue weighted by Gasteiger charge is -2.33. The third-order valence-electron chi connectivity index (χ3n) is 5.95. The van der Waals surface area contributed by atoms with Gasteiger partial charge in [0, 0.05) is 13.2 Å². The average molecular weight is 433 g/mol. The summed E-state index contributed by atoms with van der Waals surface area (Å²) in [5.41, 5.74) is 0. The number of hydrogen-bond donors (Lipinski definition) is 2. The van der Waals surface area contributed by atoms with Gasteiger partial charge < -0.3 is 38.6 Å². The first-order valence-electron chi connectivity index (χ1n) is 11.8. The number of ether oxygens (including phenoxy) is 6. The van der Waals surface area contributed by atoms with Crippen LogP contribution in [0.2, 0.25) is 0 Å². The molecule has 4 rings (SSSR count). The van der Waals surface area contributed by atoms with E-state index in [1.807, 2.05) is 0 Å². The molecule has 8 nitrogen and oxygen atoms in total. The highest BCUT2D eigenvalue weighted by atomic mass is 16.7. The first kappa shape index (κ1) is 24.3. The molecule has 0 aliphatic carbocycles. The van der Waals surface area contributed by atoms with Gasteiger partial charge in [0.25, 0.3) is 0 Å². The van der Waals surface area contributed by atoms with Crippen molar-refractivity contribution >= 4 is 0 Å². The maximum atomic E-state index is 9.01. The molecule has 4 aliphatic heterocycles. The summed E-state index contributed by atoms with van der Waals surface area (Å²) in [7, 11) is 0. The molecule has 0 aromatic heterocycles. The maximum absolute atomic E-state index is 9.01. The number of rotatable bonds is 6. The van der Waals surface area contributed by atoms with Gasteiger partial charge in [-0.25, -0.2) is 0 Å². The Labute approximate surface area is 180 Å². The third-order valence-corrected chi connectivity index (χ3v) is 5.95. The molecule has 4 saturated heterocycles. The predicted molar refractivity (Wildman–Crippen MR) is 109 cm³/mol. The smallest absolute Gasteiger partial charge is 0.158 e. The molecule has 2 N–H and O–H groups in total. The second kappa shape index (κ2) is 14.0. The van der Waals surface area contributed by atoms with Crippen LogP contribution in [0.4, 0.5) is 0 Å². The monoisotopic (exact) mass is 432 g/mol. The van der Waals surface area contributed by atoms with Crippen molar-refractivity contribution in [1.29, 1.82) is 0 Å². The molecule has 2 unspecified atom stereocenters. The zero-order chi connectivity index (χ0) is 21.0. The van der Waals surface area contributed by atoms with Crippen LogP contribution in [-0.2, 0) is 28.4 Å². The first-order valence-corrected chi connectivity index (χ1v) is 11.8. The fourth-order valence-electron chi connectivity index (χ4n) is 4.26. The summed E-state index contributed by atoms with van der Waals surface area (Å²) in [5.74, 6) is 0. The van der Waals surface area contributed by atoms with Crippen molar-refractivity contribution in [3.05, 3.63) is 0 Å². The quantitative estimate of drug-likeness (QED) is 0.659. The Morgan fingerprint density at radius 3 is 1.43 bits per heavy atom. The van der Waals surface area contributed by atoms with Crippen LogP contribution >= 0.6 is 0 Å². The van der Waals surface area contributed by atoms with Gasteiger partial charge in [-0.2, -0.15) is 0 Å². The van der Waals surface area contributed by atoms with Crippen molar-refractivity contribution in [2.24, 2.45) is 0 Å². The van der Waals surface area contributed by atoms with Gasteiger partial charge in [0.1, 0.15) is 0 Å². The SMILES string of the molecule is OCC1CCCC(O[C@H]2CCCOC2)O1.OC[C@@H]1CCC[C@@H](O[C@H]2CCCOC2)O1. The molecule has 176 valence electrons. The van der Waals surface area contributed by atoms with E-state index in [9.17, 15) is 0 Å². The summed E-state index contributed by atoms with van der Waals surface area (Å²) >= 11 is 0. The maximum Gasteiger partial charge on any atom is 0.158 e. The lowest BCUT2D eigenvalue weighted by molar-refractivity contribution is -0.233. The molecule has 8 heteroatoms. The van der Waals surface area contributed by atoms with E-state index in [2.05, 4.69) is 0 Å². The van der Waals surface area contributed by atoms with Gasteiger partial charge in [0.15, 0.2) is 12.6 Å². The fourth-order valence-corrected chi connectivity index (χ4v) is 4.26.